The van der Waals surface area contributed by atoms with E-state index in [9.17, 15) is 14.7 Å². The van der Waals surface area contributed by atoms with E-state index in [2.05, 4.69) is 6.92 Å². The number of imide groups is 1. The number of carbonyl (C=O) groups is 2. The van der Waals surface area contributed by atoms with Gasteiger partial charge in [0.25, 0.3) is 5.91 Å². The molecule has 0 spiro atoms. The average molecular weight is 274 g/mol. The van der Waals surface area contributed by atoms with Crippen LogP contribution in [0.1, 0.15) is 38.2 Å². The highest BCUT2D eigenvalue weighted by atomic mass is 16.3. The maximum atomic E-state index is 12.3. The van der Waals surface area contributed by atoms with Gasteiger partial charge in [-0.1, -0.05) is 38.0 Å². The number of urea groups is 1. The Kier molecular flexibility index (Phi) is 4.08. The van der Waals surface area contributed by atoms with Gasteiger partial charge in [0.1, 0.15) is 5.76 Å². The van der Waals surface area contributed by atoms with Gasteiger partial charge in [0, 0.05) is 12.0 Å². The summed E-state index contributed by atoms with van der Waals surface area (Å²) in [5.74, 6) is -0.521. The number of nitrogens with two attached hydrogens (primary N) is 1. The minimum atomic E-state index is -0.834. The molecule has 3 amide bonds. The summed E-state index contributed by atoms with van der Waals surface area (Å²) in [7, 11) is 0. The molecule has 0 saturated heterocycles. The lowest BCUT2D eigenvalue weighted by atomic mass is 10.0. The highest BCUT2D eigenvalue weighted by Crippen LogP contribution is 2.38. The lowest BCUT2D eigenvalue weighted by Crippen LogP contribution is -2.38. The van der Waals surface area contributed by atoms with Crippen molar-refractivity contribution in [1.29, 1.82) is 0 Å². The van der Waals surface area contributed by atoms with Gasteiger partial charge in [0.2, 0.25) is 0 Å². The molecule has 0 bridgehead atoms. The number of unbranched alkanes of at least 4 members (excludes halogenated alkanes) is 2. The molecule has 3 N–H and O–H groups in total. The minimum absolute atomic E-state index is 0.0275. The molecule has 0 radical (unpaired) electrons. The normalized spacial score (nSPS) is 16.2. The minimum Gasteiger partial charge on any atom is -0.511 e. The summed E-state index contributed by atoms with van der Waals surface area (Å²) < 4.78 is 0. The Balaban J connectivity index is 2.42. The third-order valence-corrected chi connectivity index (χ3v) is 3.36. The number of para-hydroxylation sites is 1. The van der Waals surface area contributed by atoms with E-state index in [-0.39, 0.29) is 11.3 Å². The van der Waals surface area contributed by atoms with Gasteiger partial charge in [-0.15, -0.1) is 0 Å². The first-order chi connectivity index (χ1) is 9.57. The second-order valence-electron chi connectivity index (χ2n) is 4.77. The fraction of sp³-hybridized carbons (Fsp3) is 0.333. The van der Waals surface area contributed by atoms with Crippen molar-refractivity contribution in [3.8, 4) is 0 Å². The molecule has 0 aromatic heterocycles. The van der Waals surface area contributed by atoms with E-state index in [4.69, 9.17) is 5.73 Å². The number of fused-ring (bicyclic) bond motifs is 1. The van der Waals surface area contributed by atoms with Crippen LogP contribution in [0.3, 0.4) is 0 Å². The molecule has 0 fully saturated rings. The standard InChI is InChI=1S/C15H18N2O3/c1-2-3-4-9-12(18)13-10-7-5-6-8-11(10)17(14(13)19)15(16)20/h5-8,18H,2-4,9H2,1H3,(H2,16,20). The molecule has 0 unspecified atom stereocenters. The Morgan fingerprint density at radius 2 is 2.00 bits per heavy atom. The highest BCUT2D eigenvalue weighted by Gasteiger charge is 2.37. The highest BCUT2D eigenvalue weighted by molar-refractivity contribution is 6.39. The lowest BCUT2D eigenvalue weighted by Gasteiger charge is -2.10. The van der Waals surface area contributed by atoms with Crippen LogP contribution in [0, 0.1) is 0 Å². The maximum absolute atomic E-state index is 12.3. The zero-order valence-corrected chi connectivity index (χ0v) is 11.4. The van der Waals surface area contributed by atoms with Crippen LogP contribution in [0.15, 0.2) is 30.0 Å². The number of aliphatic hydroxyl groups is 1. The van der Waals surface area contributed by atoms with Crippen molar-refractivity contribution in [3.63, 3.8) is 0 Å². The van der Waals surface area contributed by atoms with Crippen molar-refractivity contribution in [2.24, 2.45) is 5.73 Å². The van der Waals surface area contributed by atoms with Gasteiger partial charge in [-0.05, 0) is 12.5 Å². The van der Waals surface area contributed by atoms with Crippen LogP contribution in [0.25, 0.3) is 5.57 Å². The monoisotopic (exact) mass is 274 g/mol. The first kappa shape index (κ1) is 14.1. The van der Waals surface area contributed by atoms with E-state index in [0.29, 0.717) is 17.7 Å². The first-order valence-corrected chi connectivity index (χ1v) is 6.73. The van der Waals surface area contributed by atoms with E-state index in [1.807, 2.05) is 0 Å². The largest absolute Gasteiger partial charge is 0.511 e. The second-order valence-corrected chi connectivity index (χ2v) is 4.77. The van der Waals surface area contributed by atoms with Gasteiger partial charge in [-0.2, -0.15) is 0 Å². The van der Waals surface area contributed by atoms with Crippen molar-refractivity contribution in [2.75, 3.05) is 4.90 Å². The number of allylic oxidation sites excluding steroid dienone is 1. The van der Waals surface area contributed by atoms with E-state index in [1.165, 1.54) is 0 Å². The Morgan fingerprint density at radius 3 is 2.65 bits per heavy atom. The van der Waals surface area contributed by atoms with Gasteiger partial charge in [0.15, 0.2) is 0 Å². The third-order valence-electron chi connectivity index (χ3n) is 3.36. The Morgan fingerprint density at radius 1 is 1.30 bits per heavy atom. The second kappa shape index (κ2) is 5.77. The summed E-state index contributed by atoms with van der Waals surface area (Å²) in [5.41, 5.74) is 6.43. The fourth-order valence-electron chi connectivity index (χ4n) is 2.38. The van der Waals surface area contributed by atoms with Gasteiger partial charge >= 0.3 is 6.03 Å². The molecule has 1 aliphatic rings. The Labute approximate surface area is 117 Å². The molecule has 0 aliphatic carbocycles. The van der Waals surface area contributed by atoms with Gasteiger partial charge in [-0.25, -0.2) is 9.69 Å². The molecule has 0 saturated carbocycles. The number of benzene rings is 1. The number of hydrogen-bond donors (Lipinski definition) is 2. The number of amides is 3. The number of primary amides is 1. The maximum Gasteiger partial charge on any atom is 0.326 e. The molecular weight excluding hydrogens is 256 g/mol. The SMILES string of the molecule is CCCCCC(O)=C1C(=O)N(C(N)=O)c2ccccc21. The number of anilines is 1. The summed E-state index contributed by atoms with van der Waals surface area (Å²) >= 11 is 0. The fourth-order valence-corrected chi connectivity index (χ4v) is 2.38. The molecule has 1 aliphatic heterocycles. The number of carbonyl (C=O) groups excluding carboxylic acids is 2. The number of aliphatic hydroxyl groups excluding tert-OH is 1. The zero-order chi connectivity index (χ0) is 14.7. The summed E-state index contributed by atoms with van der Waals surface area (Å²) in [6, 6.07) is 6.00. The molecule has 0 atom stereocenters. The third kappa shape index (κ3) is 2.39. The van der Waals surface area contributed by atoms with Crippen LogP contribution in [-0.2, 0) is 4.79 Å². The van der Waals surface area contributed by atoms with Crippen molar-refractivity contribution in [2.45, 2.75) is 32.6 Å². The van der Waals surface area contributed by atoms with Crippen LogP contribution in [0.4, 0.5) is 10.5 Å². The van der Waals surface area contributed by atoms with E-state index >= 15 is 0 Å². The van der Waals surface area contributed by atoms with Crippen LogP contribution in [0.2, 0.25) is 0 Å². The Hall–Kier alpha value is -2.30. The number of rotatable bonds is 4. The predicted octanol–water partition coefficient (Wildman–Crippen LogP) is 2.96. The van der Waals surface area contributed by atoms with Crippen molar-refractivity contribution in [1.82, 2.24) is 0 Å². The molecular formula is C15H18N2O3. The van der Waals surface area contributed by atoms with E-state index in [1.54, 1.807) is 24.3 Å². The van der Waals surface area contributed by atoms with Gasteiger partial charge in [0.05, 0.1) is 11.3 Å². The predicted molar refractivity (Wildman–Crippen MR) is 77.2 cm³/mol. The van der Waals surface area contributed by atoms with E-state index in [0.717, 1.165) is 24.2 Å². The van der Waals surface area contributed by atoms with Crippen LogP contribution >= 0.6 is 0 Å². The van der Waals surface area contributed by atoms with Gasteiger partial charge < -0.3 is 10.8 Å². The summed E-state index contributed by atoms with van der Waals surface area (Å²) in [5, 5.41) is 10.2. The van der Waals surface area contributed by atoms with Crippen LogP contribution < -0.4 is 10.6 Å². The molecule has 1 heterocycles. The van der Waals surface area contributed by atoms with Crippen molar-refractivity contribution in [3.05, 3.63) is 35.6 Å². The molecule has 1 aromatic rings. The molecule has 1 aromatic carbocycles. The first-order valence-electron chi connectivity index (χ1n) is 6.73. The average Bonchev–Trinajstić information content (AvgIpc) is 2.70. The smallest absolute Gasteiger partial charge is 0.326 e. The molecule has 20 heavy (non-hydrogen) atoms. The lowest BCUT2D eigenvalue weighted by molar-refractivity contribution is -0.112. The van der Waals surface area contributed by atoms with Gasteiger partial charge in [-0.3, -0.25) is 4.79 Å². The topological polar surface area (TPSA) is 83.6 Å². The Bertz CT molecular complexity index is 578. The zero-order valence-electron chi connectivity index (χ0n) is 11.4. The number of nitrogens with zero attached hydrogens (tertiary/aromatic N) is 1. The quantitative estimate of drug-likeness (QED) is 0.503. The summed E-state index contributed by atoms with van der Waals surface area (Å²) in [6.45, 7) is 2.06. The number of hydrogen-bond acceptors (Lipinski definition) is 3. The van der Waals surface area contributed by atoms with E-state index < -0.39 is 11.9 Å². The molecule has 106 valence electrons. The molecule has 5 heteroatoms. The summed E-state index contributed by atoms with van der Waals surface area (Å²) in [4.78, 5) is 24.6. The molecule has 2 rings (SSSR count). The molecule has 5 nitrogen and oxygen atoms in total. The van der Waals surface area contributed by atoms with Crippen molar-refractivity contribution < 1.29 is 14.7 Å². The van der Waals surface area contributed by atoms with Crippen LogP contribution in [0.5, 0.6) is 0 Å². The van der Waals surface area contributed by atoms with Crippen molar-refractivity contribution >= 4 is 23.2 Å². The van der Waals surface area contributed by atoms with Crippen LogP contribution in [-0.4, -0.2) is 17.0 Å². The summed E-state index contributed by atoms with van der Waals surface area (Å²) in [6.07, 6.45) is 3.24.